The van der Waals surface area contributed by atoms with E-state index in [9.17, 15) is 19.2 Å². The van der Waals surface area contributed by atoms with Crippen LogP contribution in [0.3, 0.4) is 0 Å². The Kier molecular flexibility index (Phi) is 9.69. The highest BCUT2D eigenvalue weighted by molar-refractivity contribution is 7.15. The second-order valence-electron chi connectivity index (χ2n) is 14.7. The standard InChI is InChI=1S/C40H44N6O4S2/c1-23(43-35(47)29-15-16-29)39(49)45-19-3-5-31(45)37-41-21-33(51-37)27-11-7-25(8-12-27)26-9-13-28(14-10-26)34-22-42-38(52-34)32-6-4-20-46(32)40(50)24(2)44-36(48)30-17-18-30/h7-14,21-24,29-32H,3-6,15-20H2,1-2H3,(H,43,47)(H,44,48)/t23-,24-,31+,32+/m1/s1. The first-order chi connectivity index (χ1) is 25.2. The van der Waals surface area contributed by atoms with Crippen molar-refractivity contribution in [2.75, 3.05) is 13.1 Å². The summed E-state index contributed by atoms with van der Waals surface area (Å²) in [5.41, 5.74) is 4.40. The van der Waals surface area contributed by atoms with E-state index >= 15 is 0 Å². The molecule has 0 spiro atoms. The lowest BCUT2D eigenvalue weighted by Gasteiger charge is -2.26. The van der Waals surface area contributed by atoms with Gasteiger partial charge in [-0.25, -0.2) is 9.97 Å². The predicted molar refractivity (Wildman–Crippen MR) is 202 cm³/mol. The average Bonchev–Trinajstić information content (AvgIpc) is 3.92. The number of carbonyl (C=O) groups is 4. The lowest BCUT2D eigenvalue weighted by Crippen LogP contribution is -2.47. The van der Waals surface area contributed by atoms with E-state index in [0.717, 1.165) is 93.4 Å². The van der Waals surface area contributed by atoms with Crippen molar-refractivity contribution in [3.05, 3.63) is 70.9 Å². The van der Waals surface area contributed by atoms with Crippen LogP contribution in [0.25, 0.3) is 32.0 Å². The zero-order valence-corrected chi connectivity index (χ0v) is 31.2. The number of hydrogen-bond donors (Lipinski definition) is 2. The van der Waals surface area contributed by atoms with Gasteiger partial charge in [0.05, 0.1) is 21.8 Å². The Balaban J connectivity index is 0.892. The van der Waals surface area contributed by atoms with Crippen molar-refractivity contribution in [2.45, 2.75) is 89.4 Å². The van der Waals surface area contributed by atoms with E-state index in [1.54, 1.807) is 36.5 Å². The molecule has 4 amide bonds. The number of benzene rings is 2. The molecule has 2 saturated carbocycles. The molecule has 2 aromatic carbocycles. The van der Waals surface area contributed by atoms with E-state index in [0.29, 0.717) is 13.1 Å². The lowest BCUT2D eigenvalue weighted by molar-refractivity contribution is -0.137. The molecule has 4 aliphatic rings. The Morgan fingerprint density at radius 2 is 0.962 bits per heavy atom. The monoisotopic (exact) mass is 736 g/mol. The molecule has 0 radical (unpaired) electrons. The molecule has 2 aliphatic carbocycles. The van der Waals surface area contributed by atoms with Gasteiger partial charge in [-0.15, -0.1) is 22.7 Å². The summed E-state index contributed by atoms with van der Waals surface area (Å²) >= 11 is 3.26. The first kappa shape index (κ1) is 34.7. The van der Waals surface area contributed by atoms with E-state index in [4.69, 9.17) is 9.97 Å². The molecule has 2 saturated heterocycles. The molecule has 0 bridgehead atoms. The molecule has 4 aromatic rings. The fourth-order valence-corrected chi connectivity index (χ4v) is 9.50. The van der Waals surface area contributed by atoms with Crippen molar-refractivity contribution >= 4 is 46.3 Å². The van der Waals surface area contributed by atoms with Crippen molar-refractivity contribution in [1.82, 2.24) is 30.4 Å². The number of nitrogens with zero attached hydrogens (tertiary/aromatic N) is 4. The Bertz CT molecular complexity index is 1820. The second kappa shape index (κ2) is 14.5. The van der Waals surface area contributed by atoms with Gasteiger partial charge in [0.25, 0.3) is 0 Å². The number of carbonyl (C=O) groups excluding carboxylic acids is 4. The quantitative estimate of drug-likeness (QED) is 0.176. The summed E-state index contributed by atoms with van der Waals surface area (Å²) in [6.45, 7) is 4.93. The molecule has 4 atom stereocenters. The number of likely N-dealkylation sites (tertiary alicyclic amines) is 2. The molecule has 2 N–H and O–H groups in total. The predicted octanol–water partition coefficient (Wildman–Crippen LogP) is 6.76. The summed E-state index contributed by atoms with van der Waals surface area (Å²) in [7, 11) is 0. The molecule has 2 aliphatic heterocycles. The van der Waals surface area contributed by atoms with Crippen molar-refractivity contribution in [3.8, 4) is 32.0 Å². The van der Waals surface area contributed by atoms with Gasteiger partial charge < -0.3 is 20.4 Å². The summed E-state index contributed by atoms with van der Waals surface area (Å²) in [6.07, 6.45) is 11.1. The summed E-state index contributed by atoms with van der Waals surface area (Å²) in [5, 5.41) is 7.69. The van der Waals surface area contributed by atoms with Crippen LogP contribution in [0.4, 0.5) is 0 Å². The number of amides is 4. The molecule has 270 valence electrons. The molecule has 52 heavy (non-hydrogen) atoms. The number of nitrogens with one attached hydrogen (secondary N) is 2. The third-order valence-corrected chi connectivity index (χ3v) is 13.0. The van der Waals surface area contributed by atoms with Crippen LogP contribution >= 0.6 is 22.7 Å². The van der Waals surface area contributed by atoms with Gasteiger partial charge in [-0.2, -0.15) is 0 Å². The summed E-state index contributed by atoms with van der Waals surface area (Å²) in [5.74, 6) is 0.0670. The third-order valence-electron chi connectivity index (χ3n) is 10.7. The average molecular weight is 737 g/mol. The highest BCUT2D eigenvalue weighted by Crippen LogP contribution is 2.40. The molecule has 8 rings (SSSR count). The van der Waals surface area contributed by atoms with Crippen molar-refractivity contribution in [1.29, 1.82) is 0 Å². The van der Waals surface area contributed by atoms with Crippen molar-refractivity contribution in [3.63, 3.8) is 0 Å². The molecular weight excluding hydrogens is 693 g/mol. The minimum Gasteiger partial charge on any atom is -0.344 e. The lowest BCUT2D eigenvalue weighted by atomic mass is 10.0. The SMILES string of the molecule is C[C@@H](NC(=O)C1CC1)C(=O)N1CCC[C@H]1c1ncc(-c2ccc(-c3ccc(-c4cnc([C@@H]5CCCN5C(=O)[C@@H](C)NC(=O)C5CC5)s4)cc3)cc2)s1. The van der Waals surface area contributed by atoms with E-state index in [1.807, 2.05) is 22.2 Å². The molecule has 4 heterocycles. The first-order valence-electron chi connectivity index (χ1n) is 18.6. The zero-order valence-electron chi connectivity index (χ0n) is 29.5. The van der Waals surface area contributed by atoms with Crippen LogP contribution in [0.1, 0.15) is 87.3 Å². The third kappa shape index (κ3) is 7.28. The van der Waals surface area contributed by atoms with Gasteiger partial charge in [-0.05, 0) is 87.5 Å². The zero-order chi connectivity index (χ0) is 35.9. The Labute approximate surface area is 312 Å². The van der Waals surface area contributed by atoms with Crippen molar-refractivity contribution in [2.24, 2.45) is 11.8 Å². The fourth-order valence-electron chi connectivity index (χ4n) is 7.35. The molecule has 10 nitrogen and oxygen atoms in total. The molecular formula is C40H44N6O4S2. The van der Waals surface area contributed by atoms with Gasteiger partial charge in [-0.3, -0.25) is 19.2 Å². The maximum atomic E-state index is 13.3. The van der Waals surface area contributed by atoms with Gasteiger partial charge in [0.1, 0.15) is 22.1 Å². The first-order valence-corrected chi connectivity index (χ1v) is 20.2. The highest BCUT2D eigenvalue weighted by atomic mass is 32.1. The van der Waals surface area contributed by atoms with Crippen LogP contribution in [-0.4, -0.2) is 68.6 Å². The summed E-state index contributed by atoms with van der Waals surface area (Å²) in [6, 6.07) is 15.8. The van der Waals surface area contributed by atoms with E-state index in [1.165, 1.54) is 0 Å². The van der Waals surface area contributed by atoms with E-state index in [-0.39, 0.29) is 47.5 Å². The fraction of sp³-hybridized carbons (Fsp3) is 0.450. The normalized spacial score (nSPS) is 21.2. The van der Waals surface area contributed by atoms with Gasteiger partial charge in [0.15, 0.2) is 0 Å². The van der Waals surface area contributed by atoms with E-state index in [2.05, 4.69) is 59.2 Å². The van der Waals surface area contributed by atoms with E-state index < -0.39 is 12.1 Å². The van der Waals surface area contributed by atoms with Crippen LogP contribution in [0, 0.1) is 11.8 Å². The minimum absolute atomic E-state index is 0.00832. The summed E-state index contributed by atoms with van der Waals surface area (Å²) < 4.78 is 0. The minimum atomic E-state index is -0.531. The molecule has 4 fully saturated rings. The number of aromatic nitrogens is 2. The molecule has 2 aromatic heterocycles. The van der Waals surface area contributed by atoms with Crippen LogP contribution in [-0.2, 0) is 19.2 Å². The Hall–Kier alpha value is -4.42. The van der Waals surface area contributed by atoms with Crippen molar-refractivity contribution < 1.29 is 19.2 Å². The number of thiazole rings is 2. The van der Waals surface area contributed by atoms with Gasteiger partial charge >= 0.3 is 0 Å². The number of hydrogen-bond acceptors (Lipinski definition) is 8. The highest BCUT2D eigenvalue weighted by Gasteiger charge is 2.38. The van der Waals surface area contributed by atoms with Gasteiger partial charge in [-0.1, -0.05) is 48.5 Å². The van der Waals surface area contributed by atoms with Crippen LogP contribution in [0.15, 0.2) is 60.9 Å². The Morgan fingerprint density at radius 3 is 1.33 bits per heavy atom. The van der Waals surface area contributed by atoms with Crippen LogP contribution in [0.2, 0.25) is 0 Å². The second-order valence-corrected chi connectivity index (χ2v) is 16.8. The maximum absolute atomic E-state index is 13.3. The van der Waals surface area contributed by atoms with Gasteiger partial charge in [0.2, 0.25) is 23.6 Å². The summed E-state index contributed by atoms with van der Waals surface area (Å²) in [4.78, 5) is 66.4. The maximum Gasteiger partial charge on any atom is 0.245 e. The van der Waals surface area contributed by atoms with Crippen LogP contribution in [0.5, 0.6) is 0 Å². The molecule has 12 heteroatoms. The Morgan fingerprint density at radius 1 is 0.596 bits per heavy atom. The van der Waals surface area contributed by atoms with Crippen LogP contribution < -0.4 is 10.6 Å². The smallest absolute Gasteiger partial charge is 0.245 e. The number of rotatable bonds is 11. The largest absolute Gasteiger partial charge is 0.344 e. The van der Waals surface area contributed by atoms with Gasteiger partial charge in [0, 0.05) is 37.3 Å². The topological polar surface area (TPSA) is 125 Å². The molecule has 0 unspecified atom stereocenters.